The smallest absolute Gasteiger partial charge is 0.269 e. The van der Waals surface area contributed by atoms with Crippen LogP contribution in [0, 0.1) is 0 Å². The second-order valence-electron chi connectivity index (χ2n) is 6.87. The Morgan fingerprint density at radius 2 is 2.07 bits per heavy atom. The van der Waals surface area contributed by atoms with Gasteiger partial charge in [0.2, 0.25) is 0 Å². The molecule has 0 saturated heterocycles. The average molecular weight is 392 g/mol. The number of ether oxygens (including phenoxy) is 1. The Bertz CT molecular complexity index is 995. The fraction of sp³-hybridized carbons (Fsp3) is 0.471. The monoisotopic (exact) mass is 392 g/mol. The number of sulfonamides is 1. The Morgan fingerprint density at radius 1 is 1.33 bits per heavy atom. The molecule has 2 N–H and O–H groups in total. The van der Waals surface area contributed by atoms with Gasteiger partial charge in [-0.15, -0.1) is 0 Å². The summed E-state index contributed by atoms with van der Waals surface area (Å²) in [7, 11) is -2.49. The molecule has 2 heterocycles. The quantitative estimate of drug-likeness (QED) is 0.805. The Hall–Kier alpha value is -2.30. The van der Waals surface area contributed by atoms with Crippen LogP contribution in [-0.4, -0.2) is 49.0 Å². The van der Waals surface area contributed by atoms with Crippen LogP contribution in [0.1, 0.15) is 41.9 Å². The zero-order valence-electron chi connectivity index (χ0n) is 14.8. The number of nitrogens with zero attached hydrogens (tertiary/aromatic N) is 3. The van der Waals surface area contributed by atoms with Crippen molar-refractivity contribution in [3.8, 4) is 11.5 Å². The second kappa shape index (κ2) is 6.39. The number of rotatable bonds is 5. The molecule has 10 heteroatoms. The molecular formula is C17H20N4O5S. The van der Waals surface area contributed by atoms with E-state index < -0.39 is 21.5 Å². The molecule has 0 unspecified atom stereocenters. The topological polar surface area (TPSA) is 129 Å². The third kappa shape index (κ3) is 2.84. The Kier molecular flexibility index (Phi) is 4.28. The lowest BCUT2D eigenvalue weighted by Gasteiger charge is -2.17. The van der Waals surface area contributed by atoms with Crippen LogP contribution in [0.5, 0.6) is 0 Å². The maximum absolute atomic E-state index is 12.7. The van der Waals surface area contributed by atoms with E-state index in [1.807, 2.05) is 0 Å². The van der Waals surface area contributed by atoms with E-state index in [1.165, 1.54) is 19.2 Å². The zero-order valence-corrected chi connectivity index (χ0v) is 15.7. The van der Waals surface area contributed by atoms with Crippen LogP contribution >= 0.6 is 0 Å². The minimum atomic E-state index is -3.93. The van der Waals surface area contributed by atoms with E-state index in [1.54, 1.807) is 6.07 Å². The van der Waals surface area contributed by atoms with Crippen LogP contribution in [0.2, 0.25) is 0 Å². The number of hydrogen-bond acceptors (Lipinski definition) is 8. The predicted molar refractivity (Wildman–Crippen MR) is 94.2 cm³/mol. The Morgan fingerprint density at radius 3 is 2.78 bits per heavy atom. The first-order valence-electron chi connectivity index (χ1n) is 8.70. The SMILES string of the molecule is COCCN1C(=O)c2ccc(-c3nc(C4(N)CCCC4)no3)cc2S1(=O)=O. The minimum absolute atomic E-state index is 0.0396. The average Bonchev–Trinajstić information content (AvgIpc) is 3.34. The molecule has 0 bridgehead atoms. The van der Waals surface area contributed by atoms with Crippen molar-refractivity contribution in [3.63, 3.8) is 0 Å². The largest absolute Gasteiger partial charge is 0.383 e. The summed E-state index contributed by atoms with van der Waals surface area (Å²) in [5, 5.41) is 3.99. The van der Waals surface area contributed by atoms with Gasteiger partial charge in [-0.2, -0.15) is 4.98 Å². The number of carbonyl (C=O) groups is 1. The summed E-state index contributed by atoms with van der Waals surface area (Å²) < 4.78 is 36.5. The van der Waals surface area contributed by atoms with Gasteiger partial charge < -0.3 is 15.0 Å². The van der Waals surface area contributed by atoms with E-state index in [2.05, 4.69) is 10.1 Å². The molecule has 2 aliphatic rings. The van der Waals surface area contributed by atoms with Crippen LogP contribution in [0.15, 0.2) is 27.6 Å². The van der Waals surface area contributed by atoms with E-state index in [9.17, 15) is 13.2 Å². The van der Waals surface area contributed by atoms with E-state index in [-0.39, 0.29) is 29.5 Å². The van der Waals surface area contributed by atoms with Gasteiger partial charge >= 0.3 is 0 Å². The van der Waals surface area contributed by atoms with Crippen molar-refractivity contribution in [2.24, 2.45) is 5.73 Å². The highest BCUT2D eigenvalue weighted by atomic mass is 32.2. The fourth-order valence-corrected chi connectivity index (χ4v) is 5.15. The molecule has 1 saturated carbocycles. The lowest BCUT2D eigenvalue weighted by molar-refractivity contribution is 0.0837. The molecule has 0 radical (unpaired) electrons. The zero-order chi connectivity index (χ0) is 19.2. The molecule has 1 fully saturated rings. The third-order valence-corrected chi connectivity index (χ3v) is 6.94. The summed E-state index contributed by atoms with van der Waals surface area (Å²) in [5.74, 6) is 0.0466. The fourth-order valence-electron chi connectivity index (χ4n) is 3.58. The molecule has 1 aliphatic carbocycles. The maximum atomic E-state index is 12.7. The van der Waals surface area contributed by atoms with Gasteiger partial charge in [0.25, 0.3) is 21.8 Å². The molecule has 9 nitrogen and oxygen atoms in total. The van der Waals surface area contributed by atoms with Gasteiger partial charge in [0.15, 0.2) is 5.82 Å². The number of nitrogens with two attached hydrogens (primary N) is 1. The molecule has 27 heavy (non-hydrogen) atoms. The summed E-state index contributed by atoms with van der Waals surface area (Å²) >= 11 is 0. The van der Waals surface area contributed by atoms with Gasteiger partial charge in [-0.05, 0) is 31.0 Å². The van der Waals surface area contributed by atoms with Gasteiger partial charge in [-0.3, -0.25) is 4.79 Å². The number of aromatic nitrogens is 2. The van der Waals surface area contributed by atoms with Crippen LogP contribution in [0.25, 0.3) is 11.5 Å². The van der Waals surface area contributed by atoms with Crippen molar-refractivity contribution in [1.29, 1.82) is 0 Å². The lowest BCUT2D eigenvalue weighted by Crippen LogP contribution is -2.34. The molecule has 144 valence electrons. The molecular weight excluding hydrogens is 372 g/mol. The summed E-state index contributed by atoms with van der Waals surface area (Å²) in [5.41, 5.74) is 6.30. The van der Waals surface area contributed by atoms with E-state index >= 15 is 0 Å². The van der Waals surface area contributed by atoms with E-state index in [4.69, 9.17) is 15.0 Å². The summed E-state index contributed by atoms with van der Waals surface area (Å²) in [6.45, 7) is 0.0828. The second-order valence-corrected chi connectivity index (χ2v) is 8.70. The minimum Gasteiger partial charge on any atom is -0.383 e. The molecule has 4 rings (SSSR count). The van der Waals surface area contributed by atoms with Crippen molar-refractivity contribution in [2.45, 2.75) is 36.1 Å². The van der Waals surface area contributed by atoms with Crippen molar-refractivity contribution in [3.05, 3.63) is 29.6 Å². The molecule has 1 aromatic heterocycles. The maximum Gasteiger partial charge on any atom is 0.269 e. The van der Waals surface area contributed by atoms with E-state index in [0.717, 1.165) is 30.0 Å². The standard InChI is InChI=1S/C17H20N4O5S/c1-25-9-8-21-15(22)12-5-4-11(10-13(12)27(21,23)24)14-19-16(20-26-14)17(18)6-2-3-7-17/h4-5,10H,2-3,6-9,18H2,1H3. The number of fused-ring (bicyclic) bond motifs is 1. The summed E-state index contributed by atoms with van der Waals surface area (Å²) in [4.78, 5) is 16.7. The van der Waals surface area contributed by atoms with Gasteiger partial charge in [-0.1, -0.05) is 18.0 Å². The summed E-state index contributed by atoms with van der Waals surface area (Å²) in [6, 6.07) is 4.46. The molecule has 1 aromatic carbocycles. The number of methoxy groups -OCH3 is 1. The van der Waals surface area contributed by atoms with Crippen molar-refractivity contribution >= 4 is 15.9 Å². The van der Waals surface area contributed by atoms with Crippen LogP contribution in [-0.2, 0) is 20.3 Å². The normalized spacial score (nSPS) is 20.2. The van der Waals surface area contributed by atoms with Gasteiger partial charge in [0, 0.05) is 12.7 Å². The molecule has 1 amide bonds. The third-order valence-electron chi connectivity index (χ3n) is 5.12. The van der Waals surface area contributed by atoms with E-state index in [0.29, 0.717) is 11.4 Å². The van der Waals surface area contributed by atoms with Crippen molar-refractivity contribution in [1.82, 2.24) is 14.4 Å². The van der Waals surface area contributed by atoms with Crippen molar-refractivity contribution < 1.29 is 22.5 Å². The first kappa shape index (κ1) is 18.1. The Labute approximate surface area is 156 Å². The van der Waals surface area contributed by atoms with Crippen LogP contribution in [0.3, 0.4) is 0 Å². The van der Waals surface area contributed by atoms with Crippen LogP contribution in [0.4, 0.5) is 0 Å². The number of benzene rings is 1. The highest BCUT2D eigenvalue weighted by molar-refractivity contribution is 7.90. The molecule has 1 aliphatic heterocycles. The van der Waals surface area contributed by atoms with Gasteiger partial charge in [-0.25, -0.2) is 12.7 Å². The molecule has 2 aromatic rings. The highest BCUT2D eigenvalue weighted by Crippen LogP contribution is 2.37. The first-order chi connectivity index (χ1) is 12.9. The summed E-state index contributed by atoms with van der Waals surface area (Å²) in [6.07, 6.45) is 3.59. The number of carbonyl (C=O) groups excluding carboxylic acids is 1. The molecule has 0 atom stereocenters. The Balaban J connectivity index is 1.69. The first-order valence-corrected chi connectivity index (χ1v) is 10.1. The number of hydrogen-bond donors (Lipinski definition) is 1. The molecule has 0 spiro atoms. The number of amides is 1. The van der Waals surface area contributed by atoms with Gasteiger partial charge in [0.05, 0.1) is 24.3 Å². The highest BCUT2D eigenvalue weighted by Gasteiger charge is 2.41. The van der Waals surface area contributed by atoms with Gasteiger partial charge in [0.1, 0.15) is 4.90 Å². The lowest BCUT2D eigenvalue weighted by atomic mass is 9.98. The van der Waals surface area contributed by atoms with Crippen LogP contribution < -0.4 is 5.73 Å². The predicted octanol–water partition coefficient (Wildman–Crippen LogP) is 1.26. The van der Waals surface area contributed by atoms with Crippen molar-refractivity contribution in [2.75, 3.05) is 20.3 Å².